The van der Waals surface area contributed by atoms with E-state index in [0.717, 1.165) is 5.37 Å². The molecule has 0 aromatic rings. The molecular weight excluding hydrogens is 258 g/mol. The summed E-state index contributed by atoms with van der Waals surface area (Å²) in [6, 6.07) is 0. The number of halogens is 4. The van der Waals surface area contributed by atoms with Crippen LogP contribution in [-0.2, 0) is 4.74 Å². The first-order valence-electron chi connectivity index (χ1n) is 4.90. The van der Waals surface area contributed by atoms with Crippen molar-refractivity contribution in [2.45, 2.75) is 25.2 Å². The van der Waals surface area contributed by atoms with Crippen LogP contribution in [-0.4, -0.2) is 30.0 Å². The van der Waals surface area contributed by atoms with Gasteiger partial charge in [0.25, 0.3) is 0 Å². The second-order valence-electron chi connectivity index (χ2n) is 3.72. The SMILES string of the molecule is N=C(C=S)C1CC=C(OCC(F)(F)F)C(F)C1. The largest absolute Gasteiger partial charge is 0.486 e. The molecule has 0 heterocycles. The van der Waals surface area contributed by atoms with E-state index < -0.39 is 19.0 Å². The topological polar surface area (TPSA) is 33.1 Å². The third-order valence-electron chi connectivity index (χ3n) is 2.37. The summed E-state index contributed by atoms with van der Waals surface area (Å²) in [4.78, 5) is 0. The van der Waals surface area contributed by atoms with Crippen molar-refractivity contribution in [3.8, 4) is 0 Å². The van der Waals surface area contributed by atoms with E-state index in [0.29, 0.717) is 0 Å². The standard InChI is InChI=1S/C10H11F4NOS/c11-7-3-6(8(15)4-17)1-2-9(7)16-5-10(12,13)14/h2,4,6-7,15H,1,3,5H2. The molecule has 96 valence electrons. The van der Waals surface area contributed by atoms with Crippen LogP contribution >= 0.6 is 12.2 Å². The molecular formula is C10H11F4NOS. The minimum Gasteiger partial charge on any atom is -0.486 e. The average Bonchev–Trinajstić information content (AvgIpc) is 2.25. The van der Waals surface area contributed by atoms with E-state index in [4.69, 9.17) is 5.41 Å². The maximum absolute atomic E-state index is 13.5. The molecule has 0 bridgehead atoms. The fourth-order valence-electron chi connectivity index (χ4n) is 1.51. The van der Waals surface area contributed by atoms with Crippen molar-refractivity contribution < 1.29 is 22.3 Å². The van der Waals surface area contributed by atoms with Gasteiger partial charge in [0.05, 0.1) is 0 Å². The van der Waals surface area contributed by atoms with E-state index >= 15 is 0 Å². The second kappa shape index (κ2) is 5.57. The molecule has 0 aromatic heterocycles. The lowest BCUT2D eigenvalue weighted by Gasteiger charge is -2.24. The number of rotatable bonds is 4. The Hall–Kier alpha value is -0.980. The van der Waals surface area contributed by atoms with Crippen LogP contribution in [0.2, 0.25) is 0 Å². The Labute approximate surface area is 101 Å². The number of hydrogen-bond acceptors (Lipinski definition) is 3. The van der Waals surface area contributed by atoms with E-state index in [1.807, 2.05) is 0 Å². The molecule has 0 radical (unpaired) electrons. The molecule has 0 saturated heterocycles. The zero-order chi connectivity index (χ0) is 13.1. The van der Waals surface area contributed by atoms with Gasteiger partial charge in [-0.3, -0.25) is 0 Å². The lowest BCUT2D eigenvalue weighted by molar-refractivity contribution is -0.167. The Bertz CT molecular complexity index is 340. The van der Waals surface area contributed by atoms with Gasteiger partial charge in [-0.05, 0) is 18.9 Å². The summed E-state index contributed by atoms with van der Waals surface area (Å²) in [7, 11) is 0. The lowest BCUT2D eigenvalue weighted by Crippen LogP contribution is -2.27. The van der Waals surface area contributed by atoms with Crippen molar-refractivity contribution in [2.24, 2.45) is 5.92 Å². The van der Waals surface area contributed by atoms with E-state index in [1.165, 1.54) is 6.08 Å². The monoisotopic (exact) mass is 269 g/mol. The highest BCUT2D eigenvalue weighted by molar-refractivity contribution is 7.80. The van der Waals surface area contributed by atoms with Gasteiger partial charge in [0, 0.05) is 17.0 Å². The number of alkyl halides is 4. The first-order chi connectivity index (χ1) is 7.83. The molecule has 1 rings (SSSR count). The summed E-state index contributed by atoms with van der Waals surface area (Å²) < 4.78 is 53.4. The minimum atomic E-state index is -4.47. The van der Waals surface area contributed by atoms with Crippen LogP contribution < -0.4 is 0 Å². The van der Waals surface area contributed by atoms with E-state index in [9.17, 15) is 17.6 Å². The number of allylic oxidation sites excluding steroid dienone is 2. The molecule has 1 aliphatic carbocycles. The van der Waals surface area contributed by atoms with Crippen LogP contribution in [0.15, 0.2) is 11.8 Å². The second-order valence-corrected chi connectivity index (χ2v) is 3.96. The van der Waals surface area contributed by atoms with Crippen LogP contribution in [0.3, 0.4) is 0 Å². The third-order valence-corrected chi connectivity index (χ3v) is 2.63. The first-order valence-corrected chi connectivity index (χ1v) is 5.38. The Morgan fingerprint density at radius 3 is 2.71 bits per heavy atom. The smallest absolute Gasteiger partial charge is 0.422 e. The Morgan fingerprint density at radius 1 is 1.59 bits per heavy atom. The summed E-state index contributed by atoms with van der Waals surface area (Å²) in [5.41, 5.74) is 0.119. The Morgan fingerprint density at radius 2 is 2.24 bits per heavy atom. The number of hydrogen-bond donors (Lipinski definition) is 1. The van der Waals surface area contributed by atoms with Crippen molar-refractivity contribution >= 4 is 23.3 Å². The van der Waals surface area contributed by atoms with Crippen LogP contribution in [0.4, 0.5) is 17.6 Å². The maximum Gasteiger partial charge on any atom is 0.422 e. The highest BCUT2D eigenvalue weighted by Gasteiger charge is 2.32. The van der Waals surface area contributed by atoms with E-state index in [2.05, 4.69) is 17.0 Å². The summed E-state index contributed by atoms with van der Waals surface area (Å²) in [5.74, 6) is -0.670. The van der Waals surface area contributed by atoms with E-state index in [1.54, 1.807) is 0 Å². The van der Waals surface area contributed by atoms with Gasteiger partial charge in [-0.2, -0.15) is 13.2 Å². The first kappa shape index (κ1) is 14.1. The van der Waals surface area contributed by atoms with Crippen molar-refractivity contribution in [1.29, 1.82) is 5.41 Å². The number of nitrogens with one attached hydrogen (secondary N) is 1. The van der Waals surface area contributed by atoms with Gasteiger partial charge in [-0.15, -0.1) is 0 Å². The molecule has 0 fully saturated rings. The van der Waals surface area contributed by atoms with Gasteiger partial charge in [-0.1, -0.05) is 12.2 Å². The molecule has 2 unspecified atom stereocenters. The summed E-state index contributed by atoms with van der Waals surface area (Å²) in [6.07, 6.45) is -4.60. The maximum atomic E-state index is 13.5. The van der Waals surface area contributed by atoms with Crippen molar-refractivity contribution in [3.05, 3.63) is 11.8 Å². The molecule has 1 aliphatic rings. The third kappa shape index (κ3) is 4.41. The molecule has 0 saturated carbocycles. The predicted octanol–water partition coefficient (Wildman–Crippen LogP) is 3.22. The Balaban J connectivity index is 2.56. The van der Waals surface area contributed by atoms with Crippen LogP contribution in [0.5, 0.6) is 0 Å². The molecule has 0 amide bonds. The fourth-order valence-corrected chi connectivity index (χ4v) is 1.71. The van der Waals surface area contributed by atoms with Crippen molar-refractivity contribution in [2.75, 3.05) is 6.61 Å². The summed E-state index contributed by atoms with van der Waals surface area (Å²) >= 11 is 4.55. The molecule has 1 N–H and O–H groups in total. The van der Waals surface area contributed by atoms with Gasteiger partial charge in [-0.25, -0.2) is 4.39 Å². The van der Waals surface area contributed by atoms with Crippen molar-refractivity contribution in [3.63, 3.8) is 0 Å². The molecule has 17 heavy (non-hydrogen) atoms. The van der Waals surface area contributed by atoms with Gasteiger partial charge in [0.15, 0.2) is 12.8 Å². The highest BCUT2D eigenvalue weighted by Crippen LogP contribution is 2.29. The fraction of sp³-hybridized carbons (Fsp3) is 0.600. The molecule has 0 aromatic carbocycles. The summed E-state index contributed by atoms with van der Waals surface area (Å²) in [5, 5.41) is 8.56. The minimum absolute atomic E-state index is 0.0599. The molecule has 7 heteroatoms. The van der Waals surface area contributed by atoms with Crippen LogP contribution in [0.25, 0.3) is 0 Å². The normalized spacial score (nSPS) is 25.1. The molecule has 0 aliphatic heterocycles. The van der Waals surface area contributed by atoms with Gasteiger partial charge in [0.2, 0.25) is 0 Å². The quantitative estimate of drug-likeness (QED) is 0.483. The Kier molecular flexibility index (Phi) is 4.62. The van der Waals surface area contributed by atoms with Gasteiger partial charge < -0.3 is 10.1 Å². The van der Waals surface area contributed by atoms with Crippen LogP contribution in [0, 0.1) is 11.3 Å². The van der Waals surface area contributed by atoms with Gasteiger partial charge in [0.1, 0.15) is 5.76 Å². The highest BCUT2D eigenvalue weighted by atomic mass is 32.1. The van der Waals surface area contributed by atoms with Crippen LogP contribution in [0.1, 0.15) is 12.8 Å². The predicted molar refractivity (Wildman–Crippen MR) is 59.1 cm³/mol. The number of thiocarbonyl (C=S) groups is 1. The average molecular weight is 269 g/mol. The molecule has 0 spiro atoms. The zero-order valence-corrected chi connectivity index (χ0v) is 9.58. The van der Waals surface area contributed by atoms with E-state index in [-0.39, 0.29) is 30.2 Å². The lowest BCUT2D eigenvalue weighted by atomic mass is 9.89. The number of ether oxygens (including phenoxy) is 1. The van der Waals surface area contributed by atoms with Gasteiger partial charge >= 0.3 is 6.18 Å². The van der Waals surface area contributed by atoms with Crippen molar-refractivity contribution in [1.82, 2.24) is 0 Å². The zero-order valence-electron chi connectivity index (χ0n) is 8.76. The summed E-state index contributed by atoms with van der Waals surface area (Å²) in [6.45, 7) is -1.49. The molecule has 2 nitrogen and oxygen atoms in total. The molecule has 2 atom stereocenters.